The van der Waals surface area contributed by atoms with Crippen molar-refractivity contribution in [3.8, 4) is 11.5 Å². The largest absolute Gasteiger partial charge is 0.493 e. The number of carbonyl (C=O) groups is 1. The summed E-state index contributed by atoms with van der Waals surface area (Å²) in [5.74, 6) is 0.175. The molecule has 0 aromatic heterocycles. The third-order valence-corrected chi connectivity index (χ3v) is 1.97. The number of methoxy groups -OCH3 is 1. The van der Waals surface area contributed by atoms with Crippen molar-refractivity contribution in [1.29, 1.82) is 0 Å². The molecule has 1 rings (SSSR count). The lowest BCUT2D eigenvalue weighted by molar-refractivity contribution is -0.385. The maximum absolute atomic E-state index is 12.0. The molecule has 0 aliphatic carbocycles. The van der Waals surface area contributed by atoms with Crippen molar-refractivity contribution in [2.75, 3.05) is 20.4 Å². The molecule has 0 radical (unpaired) electrons. The summed E-state index contributed by atoms with van der Waals surface area (Å²) in [5, 5.41) is 10.7. The fourth-order valence-electron chi connectivity index (χ4n) is 1.24. The Balaban J connectivity index is 3.23. The number of alkyl halides is 1. The van der Waals surface area contributed by atoms with Crippen molar-refractivity contribution < 1.29 is 23.6 Å². The Kier molecular flexibility index (Phi) is 4.38. The lowest BCUT2D eigenvalue weighted by atomic mass is 10.1. The van der Waals surface area contributed by atoms with E-state index in [1.807, 2.05) is 0 Å². The van der Waals surface area contributed by atoms with Crippen LogP contribution in [0.5, 0.6) is 11.5 Å². The maximum atomic E-state index is 12.0. The first-order chi connectivity index (χ1) is 8.13. The normalized spacial score (nSPS) is 9.76. The van der Waals surface area contributed by atoms with Gasteiger partial charge in [-0.05, 0) is 0 Å². The average Bonchev–Trinajstić information content (AvgIpc) is 2.34. The molecule has 17 heavy (non-hydrogen) atoms. The molecular weight excluding hydrogens is 233 g/mol. The van der Waals surface area contributed by atoms with Gasteiger partial charge in [-0.3, -0.25) is 14.9 Å². The first-order valence-corrected chi connectivity index (χ1v) is 4.64. The second-order valence-electron chi connectivity index (χ2n) is 2.97. The van der Waals surface area contributed by atoms with Gasteiger partial charge < -0.3 is 9.47 Å². The van der Waals surface area contributed by atoms with E-state index in [1.54, 1.807) is 0 Å². The second-order valence-corrected chi connectivity index (χ2v) is 2.97. The van der Waals surface area contributed by atoms with E-state index in [2.05, 4.69) is 0 Å². The van der Waals surface area contributed by atoms with Crippen LogP contribution >= 0.6 is 0 Å². The summed E-state index contributed by atoms with van der Waals surface area (Å²) in [4.78, 5) is 20.6. The molecule has 0 bridgehead atoms. The number of carbonyl (C=O) groups excluding carboxylic acids is 1. The minimum atomic E-state index is -0.730. The summed E-state index contributed by atoms with van der Waals surface area (Å²) < 4.78 is 21.8. The predicted molar refractivity (Wildman–Crippen MR) is 56.5 cm³/mol. The minimum absolute atomic E-state index is 0.0300. The van der Waals surface area contributed by atoms with Gasteiger partial charge in [0.25, 0.3) is 5.69 Å². The van der Waals surface area contributed by atoms with Crippen molar-refractivity contribution in [2.24, 2.45) is 0 Å². The molecule has 0 atom stereocenters. The van der Waals surface area contributed by atoms with Crippen LogP contribution in [0, 0.1) is 10.1 Å². The lowest BCUT2D eigenvalue weighted by Crippen LogP contribution is -2.03. The fourth-order valence-corrected chi connectivity index (χ4v) is 1.24. The molecule has 0 aliphatic rings. The number of hydrogen-bond acceptors (Lipinski definition) is 5. The topological polar surface area (TPSA) is 78.7 Å². The monoisotopic (exact) mass is 243 g/mol. The van der Waals surface area contributed by atoms with Crippen LogP contribution in [0.3, 0.4) is 0 Å². The van der Waals surface area contributed by atoms with E-state index in [0.717, 1.165) is 6.07 Å². The number of nitro groups is 1. The van der Waals surface area contributed by atoms with Crippen LogP contribution in [0.2, 0.25) is 0 Å². The van der Waals surface area contributed by atoms with Gasteiger partial charge in [-0.1, -0.05) is 0 Å². The predicted octanol–water partition coefficient (Wildman–Crippen LogP) is 1.76. The molecule has 92 valence electrons. The van der Waals surface area contributed by atoms with Gasteiger partial charge in [0, 0.05) is 6.07 Å². The van der Waals surface area contributed by atoms with Crippen molar-refractivity contribution in [3.05, 3.63) is 27.8 Å². The zero-order valence-electron chi connectivity index (χ0n) is 9.01. The number of nitrogens with zero attached hydrogens (tertiary/aromatic N) is 1. The number of nitro benzene ring substituents is 1. The average molecular weight is 243 g/mol. The van der Waals surface area contributed by atoms with E-state index in [4.69, 9.17) is 9.47 Å². The summed E-state index contributed by atoms with van der Waals surface area (Å²) in [6.07, 6.45) is 0.347. The quantitative estimate of drug-likeness (QED) is 0.432. The van der Waals surface area contributed by atoms with E-state index >= 15 is 0 Å². The zero-order chi connectivity index (χ0) is 12.8. The maximum Gasteiger partial charge on any atom is 0.283 e. The molecule has 7 heteroatoms. The van der Waals surface area contributed by atoms with Crippen LogP contribution in [0.15, 0.2) is 12.1 Å². The molecular formula is C10H10FNO5. The summed E-state index contributed by atoms with van der Waals surface area (Å²) in [7, 11) is 1.32. The van der Waals surface area contributed by atoms with E-state index in [-0.39, 0.29) is 23.7 Å². The number of ether oxygens (including phenoxy) is 2. The summed E-state index contributed by atoms with van der Waals surface area (Å²) in [6.45, 7) is -0.972. The first kappa shape index (κ1) is 12.9. The Hall–Kier alpha value is -2.18. The molecule has 0 amide bonds. The molecule has 0 fully saturated rings. The molecule has 0 saturated heterocycles. The smallest absolute Gasteiger partial charge is 0.283 e. The molecule has 1 aromatic carbocycles. The highest BCUT2D eigenvalue weighted by Crippen LogP contribution is 2.33. The minimum Gasteiger partial charge on any atom is -0.493 e. The van der Waals surface area contributed by atoms with Gasteiger partial charge in [0.15, 0.2) is 17.8 Å². The SMILES string of the molecule is COc1cc(C=O)c([N+](=O)[O-])cc1OCCF. The van der Waals surface area contributed by atoms with E-state index in [1.165, 1.54) is 13.2 Å². The Labute approximate surface area is 96.1 Å². The molecule has 0 heterocycles. The van der Waals surface area contributed by atoms with Gasteiger partial charge in [0.05, 0.1) is 23.7 Å². The van der Waals surface area contributed by atoms with Gasteiger partial charge in [0.1, 0.15) is 13.3 Å². The fraction of sp³-hybridized carbons (Fsp3) is 0.300. The third-order valence-electron chi connectivity index (χ3n) is 1.97. The van der Waals surface area contributed by atoms with Crippen molar-refractivity contribution in [1.82, 2.24) is 0 Å². The first-order valence-electron chi connectivity index (χ1n) is 4.64. The molecule has 0 saturated carbocycles. The summed E-state index contributed by atoms with van der Waals surface area (Å²) in [5.41, 5.74) is -0.533. The van der Waals surface area contributed by atoms with E-state index in [0.29, 0.717) is 6.29 Å². The lowest BCUT2D eigenvalue weighted by Gasteiger charge is -2.09. The number of rotatable bonds is 6. The number of halogens is 1. The summed E-state index contributed by atoms with van der Waals surface area (Å²) >= 11 is 0. The molecule has 0 N–H and O–H groups in total. The van der Waals surface area contributed by atoms with Crippen molar-refractivity contribution in [3.63, 3.8) is 0 Å². The van der Waals surface area contributed by atoms with Gasteiger partial charge in [-0.2, -0.15) is 0 Å². The molecule has 0 aliphatic heterocycles. The Morgan fingerprint density at radius 1 is 1.47 bits per heavy atom. The third kappa shape index (κ3) is 2.90. The highest BCUT2D eigenvalue weighted by atomic mass is 19.1. The standard InChI is InChI=1S/C10H10FNO5/c1-16-9-4-7(6-13)8(12(14)15)5-10(9)17-3-2-11/h4-6H,2-3H2,1H3. The van der Waals surface area contributed by atoms with Crippen LogP contribution in [0.4, 0.5) is 10.1 Å². The van der Waals surface area contributed by atoms with Crippen LogP contribution in [-0.2, 0) is 0 Å². The molecule has 1 aromatic rings. The molecule has 6 nitrogen and oxygen atoms in total. The number of benzene rings is 1. The van der Waals surface area contributed by atoms with Crippen molar-refractivity contribution in [2.45, 2.75) is 0 Å². The van der Waals surface area contributed by atoms with Crippen molar-refractivity contribution >= 4 is 12.0 Å². The van der Waals surface area contributed by atoms with Crippen LogP contribution in [0.25, 0.3) is 0 Å². The van der Waals surface area contributed by atoms with Crippen LogP contribution in [-0.4, -0.2) is 31.6 Å². The van der Waals surface area contributed by atoms with Gasteiger partial charge in [-0.15, -0.1) is 0 Å². The zero-order valence-corrected chi connectivity index (χ0v) is 9.01. The van der Waals surface area contributed by atoms with Gasteiger partial charge in [0.2, 0.25) is 0 Å². The van der Waals surface area contributed by atoms with E-state index < -0.39 is 17.3 Å². The number of hydrogen-bond donors (Lipinski definition) is 0. The molecule has 0 unspecified atom stereocenters. The number of aldehydes is 1. The Morgan fingerprint density at radius 2 is 2.18 bits per heavy atom. The highest BCUT2D eigenvalue weighted by molar-refractivity contribution is 5.83. The van der Waals surface area contributed by atoms with Gasteiger partial charge in [-0.25, -0.2) is 4.39 Å². The Bertz CT molecular complexity index is 435. The van der Waals surface area contributed by atoms with Crippen LogP contribution in [0.1, 0.15) is 10.4 Å². The Morgan fingerprint density at radius 3 is 2.65 bits per heavy atom. The molecule has 0 spiro atoms. The van der Waals surface area contributed by atoms with E-state index in [9.17, 15) is 19.3 Å². The van der Waals surface area contributed by atoms with Gasteiger partial charge >= 0.3 is 0 Å². The van der Waals surface area contributed by atoms with Crippen LogP contribution < -0.4 is 9.47 Å². The highest BCUT2D eigenvalue weighted by Gasteiger charge is 2.19. The summed E-state index contributed by atoms with van der Waals surface area (Å²) in [6, 6.07) is 2.22. The second kappa shape index (κ2) is 5.78.